The standard InChI is InChI=1S/C4H6IN5OS/c5-2-12-4-7-8-9-10(4)1-3(6)11/h1-2H2,(H2,6,11). The first-order chi connectivity index (χ1) is 5.74. The number of hydrogen-bond donors (Lipinski definition) is 1. The molecule has 0 bridgehead atoms. The summed E-state index contributed by atoms with van der Waals surface area (Å²) in [7, 11) is 0. The van der Waals surface area contributed by atoms with Crippen molar-refractivity contribution in [3.05, 3.63) is 0 Å². The Bertz CT molecular complexity index is 276. The zero-order valence-corrected chi connectivity index (χ0v) is 8.95. The summed E-state index contributed by atoms with van der Waals surface area (Å²) in [6, 6.07) is 0. The van der Waals surface area contributed by atoms with E-state index >= 15 is 0 Å². The molecule has 0 radical (unpaired) electrons. The fraction of sp³-hybridized carbons (Fsp3) is 0.500. The van der Waals surface area contributed by atoms with Gasteiger partial charge in [0.2, 0.25) is 11.1 Å². The minimum Gasteiger partial charge on any atom is -0.368 e. The van der Waals surface area contributed by atoms with Gasteiger partial charge in [-0.05, 0) is 10.4 Å². The van der Waals surface area contributed by atoms with E-state index < -0.39 is 5.91 Å². The van der Waals surface area contributed by atoms with Gasteiger partial charge in [0, 0.05) is 0 Å². The van der Waals surface area contributed by atoms with E-state index in [1.54, 1.807) is 0 Å². The largest absolute Gasteiger partial charge is 0.368 e. The smallest absolute Gasteiger partial charge is 0.239 e. The molecule has 0 saturated carbocycles. The highest BCUT2D eigenvalue weighted by molar-refractivity contribution is 14.1. The van der Waals surface area contributed by atoms with Gasteiger partial charge in [0.15, 0.2) is 0 Å². The highest BCUT2D eigenvalue weighted by atomic mass is 127. The van der Waals surface area contributed by atoms with Crippen molar-refractivity contribution in [2.45, 2.75) is 11.7 Å². The quantitative estimate of drug-likeness (QED) is 0.466. The third-order valence-electron chi connectivity index (χ3n) is 0.988. The predicted octanol–water partition coefficient (Wildman–Crippen LogP) is -0.357. The molecule has 0 saturated heterocycles. The van der Waals surface area contributed by atoms with Crippen LogP contribution < -0.4 is 5.73 Å². The number of tetrazole rings is 1. The van der Waals surface area contributed by atoms with Gasteiger partial charge < -0.3 is 5.73 Å². The Morgan fingerprint density at radius 2 is 2.50 bits per heavy atom. The first kappa shape index (κ1) is 9.71. The zero-order valence-electron chi connectivity index (χ0n) is 5.97. The molecule has 6 nitrogen and oxygen atoms in total. The SMILES string of the molecule is NC(=O)Cn1nnnc1SCI. The predicted molar refractivity (Wildman–Crippen MR) is 51.8 cm³/mol. The fourth-order valence-corrected chi connectivity index (χ4v) is 1.87. The second-order valence-corrected chi connectivity index (χ2v) is 4.58. The molecule has 1 aromatic rings. The van der Waals surface area contributed by atoms with Crippen molar-refractivity contribution < 1.29 is 4.79 Å². The summed E-state index contributed by atoms with van der Waals surface area (Å²) < 4.78 is 2.21. The van der Waals surface area contributed by atoms with Gasteiger partial charge in [-0.2, -0.15) is 0 Å². The first-order valence-electron chi connectivity index (χ1n) is 2.97. The van der Waals surface area contributed by atoms with Crippen molar-refractivity contribution in [1.29, 1.82) is 0 Å². The van der Waals surface area contributed by atoms with Crippen molar-refractivity contribution in [3.63, 3.8) is 0 Å². The van der Waals surface area contributed by atoms with E-state index in [9.17, 15) is 4.79 Å². The average Bonchev–Trinajstić information content (AvgIpc) is 2.37. The molecule has 66 valence electrons. The minimum atomic E-state index is -0.447. The van der Waals surface area contributed by atoms with E-state index in [-0.39, 0.29) is 6.54 Å². The van der Waals surface area contributed by atoms with Gasteiger partial charge in [-0.3, -0.25) is 4.79 Å². The Morgan fingerprint density at radius 1 is 1.75 bits per heavy atom. The molecule has 1 amide bonds. The summed E-state index contributed by atoms with van der Waals surface area (Å²) in [4.78, 5) is 10.5. The normalized spacial score (nSPS) is 10.1. The lowest BCUT2D eigenvalue weighted by molar-refractivity contribution is -0.118. The lowest BCUT2D eigenvalue weighted by atomic mass is 10.6. The number of halogens is 1. The van der Waals surface area contributed by atoms with Gasteiger partial charge in [0.1, 0.15) is 6.54 Å². The van der Waals surface area contributed by atoms with E-state index in [2.05, 4.69) is 38.1 Å². The molecule has 0 atom stereocenters. The Morgan fingerprint density at radius 3 is 3.08 bits per heavy atom. The number of carbonyl (C=O) groups is 1. The van der Waals surface area contributed by atoms with Crippen molar-refractivity contribution >= 4 is 40.3 Å². The topological polar surface area (TPSA) is 86.7 Å². The van der Waals surface area contributed by atoms with Gasteiger partial charge in [-0.1, -0.05) is 34.4 Å². The van der Waals surface area contributed by atoms with Crippen LogP contribution in [0.4, 0.5) is 0 Å². The molecule has 0 spiro atoms. The van der Waals surface area contributed by atoms with E-state index in [1.807, 2.05) is 0 Å². The Kier molecular flexibility index (Phi) is 3.72. The molecule has 1 rings (SSSR count). The second-order valence-electron chi connectivity index (χ2n) is 1.84. The van der Waals surface area contributed by atoms with Crippen LogP contribution in [0.15, 0.2) is 5.16 Å². The van der Waals surface area contributed by atoms with Crippen LogP contribution >= 0.6 is 34.4 Å². The number of rotatable bonds is 4. The third-order valence-corrected chi connectivity index (χ3v) is 2.58. The molecule has 1 aromatic heterocycles. The van der Waals surface area contributed by atoms with Crippen LogP contribution in [-0.4, -0.2) is 29.9 Å². The fourth-order valence-electron chi connectivity index (χ4n) is 0.595. The number of thioether (sulfide) groups is 1. The summed E-state index contributed by atoms with van der Waals surface area (Å²) in [6.45, 7) is 0.0337. The molecule has 2 N–H and O–H groups in total. The maximum absolute atomic E-state index is 10.5. The highest BCUT2D eigenvalue weighted by Gasteiger charge is 2.07. The van der Waals surface area contributed by atoms with Crippen LogP contribution in [-0.2, 0) is 11.3 Å². The van der Waals surface area contributed by atoms with Crippen molar-refractivity contribution in [3.8, 4) is 0 Å². The molecular formula is C4H6IN5OS. The zero-order chi connectivity index (χ0) is 8.97. The Balaban J connectivity index is 2.69. The third kappa shape index (κ3) is 2.59. The molecule has 0 fully saturated rings. The summed E-state index contributed by atoms with van der Waals surface area (Å²) in [5, 5.41) is 11.4. The molecule has 12 heavy (non-hydrogen) atoms. The summed E-state index contributed by atoms with van der Waals surface area (Å²) in [5.41, 5.74) is 4.98. The molecule has 0 unspecified atom stereocenters. The number of alkyl halides is 1. The number of aromatic nitrogens is 4. The second kappa shape index (κ2) is 4.60. The van der Waals surface area contributed by atoms with Crippen LogP contribution in [0.5, 0.6) is 0 Å². The van der Waals surface area contributed by atoms with Crippen molar-refractivity contribution in [2.24, 2.45) is 5.73 Å². The maximum Gasteiger partial charge on any atom is 0.239 e. The first-order valence-corrected chi connectivity index (χ1v) is 5.48. The summed E-state index contributed by atoms with van der Waals surface area (Å²) >= 11 is 3.63. The number of carbonyl (C=O) groups excluding carboxylic acids is 1. The Labute approximate surface area is 86.4 Å². The maximum atomic E-state index is 10.5. The van der Waals surface area contributed by atoms with Gasteiger partial charge in [-0.25, -0.2) is 4.68 Å². The molecule has 0 aromatic carbocycles. The van der Waals surface area contributed by atoms with E-state index in [1.165, 1.54) is 16.4 Å². The van der Waals surface area contributed by atoms with Gasteiger partial charge in [0.25, 0.3) is 0 Å². The Hall–Kier alpha value is -0.380. The lowest BCUT2D eigenvalue weighted by Gasteiger charge is -1.97. The summed E-state index contributed by atoms with van der Waals surface area (Å²) in [6.07, 6.45) is 0. The molecule has 0 aliphatic carbocycles. The van der Waals surface area contributed by atoms with E-state index in [0.29, 0.717) is 5.16 Å². The lowest BCUT2D eigenvalue weighted by Crippen LogP contribution is -2.20. The number of primary amides is 1. The van der Waals surface area contributed by atoms with E-state index in [0.717, 1.165) is 3.76 Å². The number of nitrogens with two attached hydrogens (primary N) is 1. The van der Waals surface area contributed by atoms with E-state index in [4.69, 9.17) is 5.73 Å². The number of hydrogen-bond acceptors (Lipinski definition) is 5. The van der Waals surface area contributed by atoms with Crippen LogP contribution in [0.25, 0.3) is 0 Å². The van der Waals surface area contributed by atoms with Crippen molar-refractivity contribution in [1.82, 2.24) is 20.2 Å². The molecular weight excluding hydrogens is 293 g/mol. The number of amides is 1. The van der Waals surface area contributed by atoms with Crippen LogP contribution in [0.2, 0.25) is 0 Å². The molecule has 8 heteroatoms. The number of nitrogens with zero attached hydrogens (tertiary/aromatic N) is 4. The molecule has 0 aliphatic heterocycles. The van der Waals surface area contributed by atoms with Gasteiger partial charge in [0.05, 0.1) is 3.76 Å². The highest BCUT2D eigenvalue weighted by Crippen LogP contribution is 2.15. The van der Waals surface area contributed by atoms with Gasteiger partial charge >= 0.3 is 0 Å². The molecule has 0 aliphatic rings. The summed E-state index contributed by atoms with van der Waals surface area (Å²) in [5.74, 6) is -0.447. The molecule has 1 heterocycles. The monoisotopic (exact) mass is 299 g/mol. The van der Waals surface area contributed by atoms with Crippen LogP contribution in [0.3, 0.4) is 0 Å². The van der Waals surface area contributed by atoms with Crippen LogP contribution in [0.1, 0.15) is 0 Å². The van der Waals surface area contributed by atoms with Crippen molar-refractivity contribution in [2.75, 3.05) is 3.76 Å². The average molecular weight is 299 g/mol. The van der Waals surface area contributed by atoms with Crippen LogP contribution in [0, 0.1) is 0 Å². The van der Waals surface area contributed by atoms with Gasteiger partial charge in [-0.15, -0.1) is 5.10 Å². The minimum absolute atomic E-state index is 0.0337.